The maximum atomic E-state index is 12.0. The highest BCUT2D eigenvalue weighted by atomic mass is 16.8. The topological polar surface area (TPSA) is 71.1 Å². The molecule has 6 heteroatoms. The van der Waals surface area contributed by atoms with Crippen molar-refractivity contribution in [3.63, 3.8) is 0 Å². The predicted molar refractivity (Wildman–Crippen MR) is 89.9 cm³/mol. The van der Waals surface area contributed by atoms with E-state index in [1.165, 1.54) is 0 Å². The molecule has 0 spiro atoms. The fraction of sp³-hybridized carbons (Fsp3) is 0.889. The molecule has 0 aliphatic heterocycles. The fourth-order valence-corrected chi connectivity index (χ4v) is 2.22. The van der Waals surface area contributed by atoms with Crippen LogP contribution in [0.5, 0.6) is 0 Å². The van der Waals surface area contributed by atoms with Crippen molar-refractivity contribution in [2.45, 2.75) is 103 Å². The normalized spacial score (nSPS) is 21.8. The van der Waals surface area contributed by atoms with Crippen LogP contribution in [0.25, 0.3) is 0 Å². The molecule has 2 atom stereocenters. The molecule has 140 valence electrons. The van der Waals surface area contributed by atoms with Gasteiger partial charge in [0.1, 0.15) is 23.4 Å². The Balaban J connectivity index is 2.59. The molecule has 1 saturated carbocycles. The Kier molecular flexibility index (Phi) is 7.36. The molecular weight excluding hydrogens is 312 g/mol. The number of carbonyl (C=O) groups excluding carboxylic acids is 2. The van der Waals surface area contributed by atoms with Crippen LogP contribution in [-0.2, 0) is 18.9 Å². The molecule has 0 N–H and O–H groups in total. The lowest BCUT2D eigenvalue weighted by Gasteiger charge is -2.32. The van der Waals surface area contributed by atoms with E-state index < -0.39 is 35.7 Å². The molecule has 24 heavy (non-hydrogen) atoms. The standard InChI is InChI=1S/C18H32O6/c1-7-17(3,4)23-15(19)21-13-11-9-10-12-14(13)22-16(20)24-18(5,6)8-2/h13-14H,7-12H2,1-6H3. The lowest BCUT2D eigenvalue weighted by molar-refractivity contribution is -0.0996. The van der Waals surface area contributed by atoms with E-state index in [9.17, 15) is 9.59 Å². The molecule has 0 aromatic carbocycles. The van der Waals surface area contributed by atoms with Crippen LogP contribution in [0.4, 0.5) is 9.59 Å². The zero-order valence-electron chi connectivity index (χ0n) is 15.8. The van der Waals surface area contributed by atoms with Crippen molar-refractivity contribution in [1.82, 2.24) is 0 Å². The van der Waals surface area contributed by atoms with Gasteiger partial charge >= 0.3 is 12.3 Å². The van der Waals surface area contributed by atoms with Gasteiger partial charge in [-0.2, -0.15) is 0 Å². The third-order valence-corrected chi connectivity index (χ3v) is 4.56. The fourth-order valence-electron chi connectivity index (χ4n) is 2.22. The van der Waals surface area contributed by atoms with Gasteiger partial charge in [0.15, 0.2) is 0 Å². The monoisotopic (exact) mass is 344 g/mol. The molecule has 0 heterocycles. The average Bonchev–Trinajstić information content (AvgIpc) is 2.48. The molecule has 1 aliphatic carbocycles. The van der Waals surface area contributed by atoms with Gasteiger partial charge in [0.25, 0.3) is 0 Å². The van der Waals surface area contributed by atoms with Gasteiger partial charge < -0.3 is 18.9 Å². The Bertz CT molecular complexity index is 389. The van der Waals surface area contributed by atoms with Crippen LogP contribution < -0.4 is 0 Å². The van der Waals surface area contributed by atoms with Crippen molar-refractivity contribution in [3.05, 3.63) is 0 Å². The van der Waals surface area contributed by atoms with Gasteiger partial charge in [-0.05, 0) is 66.2 Å². The third kappa shape index (κ3) is 6.97. The van der Waals surface area contributed by atoms with Gasteiger partial charge in [-0.25, -0.2) is 9.59 Å². The maximum Gasteiger partial charge on any atom is 0.509 e. The van der Waals surface area contributed by atoms with Crippen LogP contribution in [0.1, 0.15) is 80.1 Å². The summed E-state index contributed by atoms with van der Waals surface area (Å²) in [5.74, 6) is 0. The first kappa shape index (κ1) is 20.6. The Morgan fingerprint density at radius 3 is 1.42 bits per heavy atom. The second kappa shape index (κ2) is 8.58. The minimum atomic E-state index is -0.718. The van der Waals surface area contributed by atoms with Crippen LogP contribution in [-0.4, -0.2) is 35.7 Å². The zero-order valence-corrected chi connectivity index (χ0v) is 15.8. The van der Waals surface area contributed by atoms with Gasteiger partial charge in [-0.1, -0.05) is 13.8 Å². The van der Waals surface area contributed by atoms with E-state index >= 15 is 0 Å². The lowest BCUT2D eigenvalue weighted by atomic mass is 9.94. The predicted octanol–water partition coefficient (Wildman–Crippen LogP) is 4.98. The van der Waals surface area contributed by atoms with Gasteiger partial charge in [0.2, 0.25) is 0 Å². The first-order valence-corrected chi connectivity index (χ1v) is 8.88. The van der Waals surface area contributed by atoms with E-state index in [0.717, 1.165) is 12.8 Å². The minimum absolute atomic E-state index is 0.490. The van der Waals surface area contributed by atoms with Crippen molar-refractivity contribution in [1.29, 1.82) is 0 Å². The van der Waals surface area contributed by atoms with E-state index in [4.69, 9.17) is 18.9 Å². The molecule has 0 aromatic heterocycles. The second-order valence-electron chi connectivity index (χ2n) is 7.53. The minimum Gasteiger partial charge on any atom is -0.428 e. The Morgan fingerprint density at radius 1 is 0.792 bits per heavy atom. The van der Waals surface area contributed by atoms with Crippen molar-refractivity contribution in [2.24, 2.45) is 0 Å². The van der Waals surface area contributed by atoms with E-state index in [1.54, 1.807) is 0 Å². The van der Waals surface area contributed by atoms with Crippen molar-refractivity contribution in [2.75, 3.05) is 0 Å². The zero-order chi connectivity index (χ0) is 18.4. The summed E-state index contributed by atoms with van der Waals surface area (Å²) in [6, 6.07) is 0. The summed E-state index contributed by atoms with van der Waals surface area (Å²) in [5.41, 5.74) is -1.15. The number of carbonyl (C=O) groups is 2. The summed E-state index contributed by atoms with van der Waals surface area (Å²) < 4.78 is 21.4. The van der Waals surface area contributed by atoms with E-state index in [2.05, 4.69) is 0 Å². The molecular formula is C18H32O6. The van der Waals surface area contributed by atoms with Gasteiger partial charge in [-0.3, -0.25) is 0 Å². The van der Waals surface area contributed by atoms with Crippen molar-refractivity contribution in [3.8, 4) is 0 Å². The van der Waals surface area contributed by atoms with Gasteiger partial charge in [-0.15, -0.1) is 0 Å². The molecule has 1 rings (SSSR count). The molecule has 1 aliphatic rings. The molecule has 0 bridgehead atoms. The summed E-state index contributed by atoms with van der Waals surface area (Å²) >= 11 is 0. The van der Waals surface area contributed by atoms with Crippen LogP contribution in [0.2, 0.25) is 0 Å². The molecule has 0 aromatic rings. The van der Waals surface area contributed by atoms with Crippen LogP contribution in [0, 0.1) is 0 Å². The highest BCUT2D eigenvalue weighted by molar-refractivity contribution is 5.62. The van der Waals surface area contributed by atoms with Crippen LogP contribution in [0.3, 0.4) is 0 Å². The van der Waals surface area contributed by atoms with Crippen molar-refractivity contribution >= 4 is 12.3 Å². The summed E-state index contributed by atoms with van der Waals surface area (Å²) in [4.78, 5) is 24.0. The average molecular weight is 344 g/mol. The molecule has 0 radical (unpaired) electrons. The second-order valence-corrected chi connectivity index (χ2v) is 7.53. The number of ether oxygens (including phenoxy) is 4. The Hall–Kier alpha value is -1.46. The van der Waals surface area contributed by atoms with E-state index in [0.29, 0.717) is 25.7 Å². The van der Waals surface area contributed by atoms with Crippen LogP contribution in [0.15, 0.2) is 0 Å². The molecule has 1 fully saturated rings. The highest BCUT2D eigenvalue weighted by Gasteiger charge is 2.35. The largest absolute Gasteiger partial charge is 0.509 e. The first-order valence-electron chi connectivity index (χ1n) is 8.88. The molecule has 2 unspecified atom stereocenters. The maximum absolute atomic E-state index is 12.0. The SMILES string of the molecule is CCC(C)(C)OC(=O)OC1CCCCC1OC(=O)OC(C)(C)CC. The summed E-state index contributed by atoms with van der Waals surface area (Å²) in [7, 11) is 0. The lowest BCUT2D eigenvalue weighted by Crippen LogP contribution is -2.40. The Labute approximate surface area is 145 Å². The number of hydrogen-bond donors (Lipinski definition) is 0. The highest BCUT2D eigenvalue weighted by Crippen LogP contribution is 2.26. The summed E-state index contributed by atoms with van der Waals surface area (Å²) in [6.45, 7) is 11.2. The third-order valence-electron chi connectivity index (χ3n) is 4.56. The smallest absolute Gasteiger partial charge is 0.428 e. The van der Waals surface area contributed by atoms with Crippen molar-refractivity contribution < 1.29 is 28.5 Å². The van der Waals surface area contributed by atoms with E-state index in [1.807, 2.05) is 41.5 Å². The molecule has 6 nitrogen and oxygen atoms in total. The van der Waals surface area contributed by atoms with E-state index in [-0.39, 0.29) is 0 Å². The quantitative estimate of drug-likeness (QED) is 0.633. The number of hydrogen-bond acceptors (Lipinski definition) is 6. The van der Waals surface area contributed by atoms with Gasteiger partial charge in [0, 0.05) is 0 Å². The summed E-state index contributed by atoms with van der Waals surface area (Å²) in [5, 5.41) is 0. The summed E-state index contributed by atoms with van der Waals surface area (Å²) in [6.07, 6.45) is 2.10. The number of rotatable bonds is 6. The molecule has 0 amide bonds. The van der Waals surface area contributed by atoms with Crippen LogP contribution >= 0.6 is 0 Å². The first-order chi connectivity index (χ1) is 11.1. The molecule has 0 saturated heterocycles. The van der Waals surface area contributed by atoms with Gasteiger partial charge in [0.05, 0.1) is 0 Å². The Morgan fingerprint density at radius 2 is 1.12 bits per heavy atom.